The van der Waals surface area contributed by atoms with Crippen LogP contribution in [0.15, 0.2) is 61.6 Å². The molecule has 0 aliphatic rings. The molecule has 0 unspecified atom stereocenters. The van der Waals surface area contributed by atoms with E-state index in [2.05, 4.69) is 35.3 Å². The smallest absolute Gasteiger partial charge is 0.225 e. The number of anilines is 1. The predicted molar refractivity (Wildman–Crippen MR) is 106 cm³/mol. The topological polar surface area (TPSA) is 41.9 Å². The van der Waals surface area contributed by atoms with Crippen molar-refractivity contribution in [3.05, 3.63) is 67.2 Å². The molecule has 0 aromatic carbocycles. The minimum Gasteiger partial charge on any atom is -0.341 e. The van der Waals surface area contributed by atoms with Gasteiger partial charge in [0, 0.05) is 42.8 Å². The van der Waals surface area contributed by atoms with Gasteiger partial charge in [-0.05, 0) is 38.0 Å². The first-order chi connectivity index (χ1) is 12.2. The van der Waals surface area contributed by atoms with Crippen LogP contribution in [0.3, 0.4) is 0 Å². The quantitative estimate of drug-likeness (QED) is 0.643. The fourth-order valence-corrected chi connectivity index (χ4v) is 2.67. The van der Waals surface area contributed by atoms with E-state index in [1.165, 1.54) is 0 Å². The van der Waals surface area contributed by atoms with Crippen LogP contribution in [0.5, 0.6) is 0 Å². The minimum absolute atomic E-state index is 0.755. The zero-order valence-electron chi connectivity index (χ0n) is 15.3. The number of rotatable bonds is 8. The Labute approximate surface area is 150 Å². The standard InChI is InChI=1S/C21H26N4/c1-5-10-17(11-6-2)19-16-23-21(25(8-4)14-7-3)24-20(19)18-12-9-13-22-15-18/h5-6,9-13,15-16H,1,7-8,14H2,2-4H3/b11-6-,17-10+. The Morgan fingerprint density at radius 2 is 2.12 bits per heavy atom. The van der Waals surface area contributed by atoms with Gasteiger partial charge in [0.25, 0.3) is 0 Å². The normalized spacial score (nSPS) is 11.7. The molecule has 0 amide bonds. The Hall–Kier alpha value is -2.75. The van der Waals surface area contributed by atoms with Crippen molar-refractivity contribution in [3.63, 3.8) is 0 Å². The van der Waals surface area contributed by atoms with Gasteiger partial charge in [0.2, 0.25) is 5.95 Å². The van der Waals surface area contributed by atoms with E-state index < -0.39 is 0 Å². The highest BCUT2D eigenvalue weighted by molar-refractivity contribution is 5.84. The second-order valence-corrected chi connectivity index (χ2v) is 5.61. The van der Waals surface area contributed by atoms with Crippen LogP contribution in [0.25, 0.3) is 16.8 Å². The number of pyridine rings is 1. The van der Waals surface area contributed by atoms with Gasteiger partial charge in [-0.25, -0.2) is 9.97 Å². The van der Waals surface area contributed by atoms with E-state index in [9.17, 15) is 0 Å². The third kappa shape index (κ3) is 4.63. The third-order valence-electron chi connectivity index (χ3n) is 3.82. The maximum absolute atomic E-state index is 4.88. The first-order valence-corrected chi connectivity index (χ1v) is 8.73. The molecular formula is C21H26N4. The van der Waals surface area contributed by atoms with Crippen molar-refractivity contribution in [3.8, 4) is 11.3 Å². The molecule has 2 aromatic rings. The lowest BCUT2D eigenvalue weighted by Crippen LogP contribution is -2.25. The van der Waals surface area contributed by atoms with Gasteiger partial charge in [-0.15, -0.1) is 0 Å². The summed E-state index contributed by atoms with van der Waals surface area (Å²) in [7, 11) is 0. The summed E-state index contributed by atoms with van der Waals surface area (Å²) < 4.78 is 0. The van der Waals surface area contributed by atoms with Crippen molar-refractivity contribution in [2.45, 2.75) is 27.2 Å². The van der Waals surface area contributed by atoms with E-state index in [1.54, 1.807) is 12.3 Å². The van der Waals surface area contributed by atoms with Gasteiger partial charge in [-0.2, -0.15) is 0 Å². The molecule has 2 rings (SSSR count). The first kappa shape index (κ1) is 18.6. The zero-order valence-corrected chi connectivity index (χ0v) is 15.3. The van der Waals surface area contributed by atoms with Crippen LogP contribution in [0.1, 0.15) is 32.8 Å². The van der Waals surface area contributed by atoms with Crippen molar-refractivity contribution in [2.24, 2.45) is 0 Å². The third-order valence-corrected chi connectivity index (χ3v) is 3.82. The zero-order chi connectivity index (χ0) is 18.1. The fourth-order valence-electron chi connectivity index (χ4n) is 2.67. The van der Waals surface area contributed by atoms with Gasteiger partial charge < -0.3 is 4.90 Å². The lowest BCUT2D eigenvalue weighted by molar-refractivity contribution is 0.762. The molecule has 0 aliphatic carbocycles. The van der Waals surface area contributed by atoms with Gasteiger partial charge in [-0.3, -0.25) is 4.98 Å². The van der Waals surface area contributed by atoms with Crippen molar-refractivity contribution in [1.82, 2.24) is 15.0 Å². The Balaban J connectivity index is 2.63. The molecule has 0 spiro atoms. The summed E-state index contributed by atoms with van der Waals surface area (Å²) in [4.78, 5) is 16.0. The summed E-state index contributed by atoms with van der Waals surface area (Å²) in [5.74, 6) is 0.755. The van der Waals surface area contributed by atoms with Crippen molar-refractivity contribution in [2.75, 3.05) is 18.0 Å². The highest BCUT2D eigenvalue weighted by Gasteiger charge is 2.15. The number of hydrogen-bond donors (Lipinski definition) is 0. The molecule has 2 aromatic heterocycles. The Morgan fingerprint density at radius 1 is 1.28 bits per heavy atom. The molecule has 0 saturated heterocycles. The van der Waals surface area contributed by atoms with Gasteiger partial charge in [0.05, 0.1) is 5.69 Å². The van der Waals surface area contributed by atoms with E-state index >= 15 is 0 Å². The number of aromatic nitrogens is 3. The average molecular weight is 334 g/mol. The highest BCUT2D eigenvalue weighted by Crippen LogP contribution is 2.29. The first-order valence-electron chi connectivity index (χ1n) is 8.73. The van der Waals surface area contributed by atoms with Crippen LogP contribution in [-0.4, -0.2) is 28.0 Å². The molecule has 0 N–H and O–H groups in total. The molecule has 0 fully saturated rings. The van der Waals surface area contributed by atoms with Crippen LogP contribution in [-0.2, 0) is 0 Å². The molecule has 0 bridgehead atoms. The summed E-state index contributed by atoms with van der Waals surface area (Å²) in [6, 6.07) is 3.96. The second kappa shape index (κ2) is 9.52. The monoisotopic (exact) mass is 334 g/mol. The van der Waals surface area contributed by atoms with Crippen LogP contribution >= 0.6 is 0 Å². The summed E-state index contributed by atoms with van der Waals surface area (Å²) in [6.07, 6.45) is 14.4. The summed E-state index contributed by atoms with van der Waals surface area (Å²) >= 11 is 0. The fraction of sp³-hybridized carbons (Fsp3) is 0.286. The molecule has 2 heterocycles. The molecule has 130 valence electrons. The minimum atomic E-state index is 0.755. The summed E-state index contributed by atoms with van der Waals surface area (Å²) in [5.41, 5.74) is 3.87. The number of nitrogens with zero attached hydrogens (tertiary/aromatic N) is 4. The summed E-state index contributed by atoms with van der Waals surface area (Å²) in [5, 5.41) is 0. The molecule has 0 radical (unpaired) electrons. The average Bonchev–Trinajstić information content (AvgIpc) is 2.66. The number of hydrogen-bond acceptors (Lipinski definition) is 4. The largest absolute Gasteiger partial charge is 0.341 e. The molecule has 25 heavy (non-hydrogen) atoms. The van der Waals surface area contributed by atoms with Crippen LogP contribution in [0, 0.1) is 0 Å². The Bertz CT molecular complexity index is 748. The Morgan fingerprint density at radius 3 is 2.72 bits per heavy atom. The Kier molecular flexibility index (Phi) is 7.08. The van der Waals surface area contributed by atoms with E-state index in [1.807, 2.05) is 49.7 Å². The highest BCUT2D eigenvalue weighted by atomic mass is 15.2. The summed E-state index contributed by atoms with van der Waals surface area (Å²) in [6.45, 7) is 11.9. The lowest BCUT2D eigenvalue weighted by Gasteiger charge is -2.21. The molecule has 4 nitrogen and oxygen atoms in total. The molecular weight excluding hydrogens is 308 g/mol. The van der Waals surface area contributed by atoms with Gasteiger partial charge >= 0.3 is 0 Å². The van der Waals surface area contributed by atoms with Crippen LogP contribution in [0.2, 0.25) is 0 Å². The van der Waals surface area contributed by atoms with E-state index in [0.29, 0.717) is 0 Å². The van der Waals surface area contributed by atoms with Crippen molar-refractivity contribution in [1.29, 1.82) is 0 Å². The van der Waals surface area contributed by atoms with Crippen LogP contribution < -0.4 is 4.90 Å². The van der Waals surface area contributed by atoms with Gasteiger partial charge in [0.1, 0.15) is 0 Å². The molecule has 0 atom stereocenters. The van der Waals surface area contributed by atoms with Crippen molar-refractivity contribution < 1.29 is 0 Å². The van der Waals surface area contributed by atoms with Gasteiger partial charge in [-0.1, -0.05) is 37.8 Å². The maximum atomic E-state index is 4.88. The number of allylic oxidation sites excluding steroid dienone is 5. The second-order valence-electron chi connectivity index (χ2n) is 5.61. The predicted octanol–water partition coefficient (Wildman–Crippen LogP) is 4.92. The molecule has 0 saturated carbocycles. The van der Waals surface area contributed by atoms with E-state index in [4.69, 9.17) is 4.98 Å². The van der Waals surface area contributed by atoms with Crippen LogP contribution in [0.4, 0.5) is 5.95 Å². The molecule has 4 heteroatoms. The van der Waals surface area contributed by atoms with Crippen molar-refractivity contribution >= 4 is 11.5 Å². The SMILES string of the molecule is C=C/C=C(\C=C/C)c1cnc(N(CC)CCC)nc1-c1cccnc1. The lowest BCUT2D eigenvalue weighted by atomic mass is 10.0. The maximum Gasteiger partial charge on any atom is 0.225 e. The van der Waals surface area contributed by atoms with Gasteiger partial charge in [0.15, 0.2) is 0 Å². The van der Waals surface area contributed by atoms with E-state index in [0.717, 1.165) is 47.9 Å². The van der Waals surface area contributed by atoms with E-state index in [-0.39, 0.29) is 0 Å². The molecule has 0 aliphatic heterocycles.